The van der Waals surface area contributed by atoms with E-state index in [1.165, 1.54) is 16.5 Å². The Morgan fingerprint density at radius 3 is 2.86 bits per heavy atom. The van der Waals surface area contributed by atoms with E-state index in [0.717, 1.165) is 6.54 Å². The van der Waals surface area contributed by atoms with Gasteiger partial charge in [0.05, 0.1) is 0 Å². The van der Waals surface area contributed by atoms with E-state index in [1.54, 1.807) is 0 Å². The molecular formula is C19H24N2. The van der Waals surface area contributed by atoms with E-state index in [2.05, 4.69) is 80.2 Å². The minimum Gasteiger partial charge on any atom is -0.361 e. The zero-order valence-electron chi connectivity index (χ0n) is 13.3. The van der Waals surface area contributed by atoms with Gasteiger partial charge < -0.3 is 10.3 Å². The van der Waals surface area contributed by atoms with Crippen molar-refractivity contribution in [3.05, 3.63) is 48.2 Å². The summed E-state index contributed by atoms with van der Waals surface area (Å²) >= 11 is 0. The highest BCUT2D eigenvalue weighted by Crippen LogP contribution is 2.23. The Balaban J connectivity index is 1.93. The third-order valence-electron chi connectivity index (χ3n) is 3.29. The lowest BCUT2D eigenvalue weighted by atomic mass is 9.98. The summed E-state index contributed by atoms with van der Waals surface area (Å²) in [6.07, 6.45) is 6.00. The summed E-state index contributed by atoms with van der Waals surface area (Å²) < 4.78 is 0. The molecule has 0 bridgehead atoms. The summed E-state index contributed by atoms with van der Waals surface area (Å²) in [6, 6.07) is 8.82. The lowest BCUT2D eigenvalue weighted by molar-refractivity contribution is 0.571. The molecule has 2 rings (SSSR count). The summed E-state index contributed by atoms with van der Waals surface area (Å²) in [7, 11) is 0. The molecule has 2 heteroatoms. The van der Waals surface area contributed by atoms with Gasteiger partial charge >= 0.3 is 0 Å². The highest BCUT2D eigenvalue weighted by Gasteiger charge is 2.08. The average molecular weight is 280 g/mol. The third kappa shape index (κ3) is 4.51. The Morgan fingerprint density at radius 1 is 1.29 bits per heavy atom. The van der Waals surface area contributed by atoms with Crippen LogP contribution in [0.4, 0.5) is 0 Å². The van der Waals surface area contributed by atoms with Crippen molar-refractivity contribution < 1.29 is 0 Å². The molecular weight excluding hydrogens is 256 g/mol. The molecule has 2 N–H and O–H groups in total. The van der Waals surface area contributed by atoms with Gasteiger partial charge in [-0.25, -0.2) is 0 Å². The Morgan fingerprint density at radius 2 is 2.10 bits per heavy atom. The molecule has 0 saturated heterocycles. The van der Waals surface area contributed by atoms with Gasteiger partial charge in [-0.15, -0.1) is 0 Å². The van der Waals surface area contributed by atoms with Gasteiger partial charge in [-0.3, -0.25) is 0 Å². The van der Waals surface area contributed by atoms with Crippen LogP contribution in [0.3, 0.4) is 0 Å². The predicted octanol–water partition coefficient (Wildman–Crippen LogP) is 4.42. The number of hydrogen-bond acceptors (Lipinski definition) is 1. The number of rotatable bonds is 4. The number of aromatic amines is 1. The summed E-state index contributed by atoms with van der Waals surface area (Å²) in [4.78, 5) is 3.25. The van der Waals surface area contributed by atoms with Gasteiger partial charge in [-0.05, 0) is 51.5 Å². The van der Waals surface area contributed by atoms with Crippen molar-refractivity contribution in [2.45, 2.75) is 33.7 Å². The van der Waals surface area contributed by atoms with Crippen LogP contribution in [0.15, 0.2) is 42.6 Å². The SMILES string of the molecule is C[C@@H](NC/C=C\C#CC(C)(C)C)c1cccc2[nH]ccc12. The maximum Gasteiger partial charge on any atom is 0.0457 e. The molecule has 1 aromatic carbocycles. The third-order valence-corrected chi connectivity index (χ3v) is 3.29. The van der Waals surface area contributed by atoms with Crippen LogP contribution in [0.5, 0.6) is 0 Å². The number of fused-ring (bicyclic) bond motifs is 1. The van der Waals surface area contributed by atoms with Crippen molar-refractivity contribution in [3.63, 3.8) is 0 Å². The average Bonchev–Trinajstić information content (AvgIpc) is 2.89. The fourth-order valence-electron chi connectivity index (χ4n) is 2.22. The summed E-state index contributed by atoms with van der Waals surface area (Å²) in [5, 5.41) is 4.80. The molecule has 0 fully saturated rings. The van der Waals surface area contributed by atoms with Gasteiger partial charge in [0.2, 0.25) is 0 Å². The van der Waals surface area contributed by atoms with Gasteiger partial charge in [-0.2, -0.15) is 0 Å². The first-order valence-electron chi connectivity index (χ1n) is 7.44. The largest absolute Gasteiger partial charge is 0.361 e. The molecule has 0 saturated carbocycles. The van der Waals surface area contributed by atoms with E-state index >= 15 is 0 Å². The lowest BCUT2D eigenvalue weighted by Crippen LogP contribution is -2.18. The van der Waals surface area contributed by atoms with Crippen LogP contribution in [-0.2, 0) is 0 Å². The molecule has 0 unspecified atom stereocenters. The number of aromatic nitrogens is 1. The van der Waals surface area contributed by atoms with Gasteiger partial charge in [0, 0.05) is 35.1 Å². The Kier molecular flexibility index (Phi) is 4.88. The molecule has 0 aliphatic rings. The highest BCUT2D eigenvalue weighted by atomic mass is 14.9. The number of nitrogens with one attached hydrogen (secondary N) is 2. The fraction of sp³-hybridized carbons (Fsp3) is 0.368. The number of H-pyrrole nitrogens is 1. The number of allylic oxidation sites excluding steroid dienone is 1. The quantitative estimate of drug-likeness (QED) is 0.797. The Hall–Kier alpha value is -1.98. The predicted molar refractivity (Wildman–Crippen MR) is 91.1 cm³/mol. The normalized spacial score (nSPS) is 13.3. The van der Waals surface area contributed by atoms with E-state index in [4.69, 9.17) is 0 Å². The van der Waals surface area contributed by atoms with Crippen LogP contribution in [0.1, 0.15) is 39.3 Å². The fourth-order valence-corrected chi connectivity index (χ4v) is 2.22. The van der Waals surface area contributed by atoms with Crippen molar-refractivity contribution >= 4 is 10.9 Å². The Labute approximate surface area is 127 Å². The van der Waals surface area contributed by atoms with Crippen LogP contribution in [0.2, 0.25) is 0 Å². The van der Waals surface area contributed by atoms with E-state index in [1.807, 2.05) is 12.3 Å². The van der Waals surface area contributed by atoms with Crippen molar-refractivity contribution in [2.24, 2.45) is 5.41 Å². The van der Waals surface area contributed by atoms with Crippen LogP contribution < -0.4 is 5.32 Å². The second-order valence-electron chi connectivity index (χ2n) is 6.34. The topological polar surface area (TPSA) is 27.8 Å². The van der Waals surface area contributed by atoms with Gasteiger partial charge in [-0.1, -0.05) is 30.0 Å². The molecule has 110 valence electrons. The first kappa shape index (κ1) is 15.4. The summed E-state index contributed by atoms with van der Waals surface area (Å²) in [5.74, 6) is 6.28. The molecule has 1 heterocycles. The highest BCUT2D eigenvalue weighted by molar-refractivity contribution is 5.83. The van der Waals surface area contributed by atoms with Crippen molar-refractivity contribution in [3.8, 4) is 11.8 Å². The maximum atomic E-state index is 3.51. The molecule has 2 aromatic rings. The standard InChI is InChI=1S/C19H24N2/c1-15(20-13-7-5-6-12-19(2,3)4)16-9-8-10-18-17(16)11-14-21-18/h5,7-11,14-15,20-21H,13H2,1-4H3/b7-5-/t15-/m1/s1. The van der Waals surface area contributed by atoms with Gasteiger partial charge in [0.15, 0.2) is 0 Å². The maximum absolute atomic E-state index is 3.51. The van der Waals surface area contributed by atoms with Gasteiger partial charge in [0.1, 0.15) is 0 Å². The smallest absolute Gasteiger partial charge is 0.0457 e. The second-order valence-corrected chi connectivity index (χ2v) is 6.34. The molecule has 21 heavy (non-hydrogen) atoms. The molecule has 0 aliphatic carbocycles. The van der Waals surface area contributed by atoms with E-state index < -0.39 is 0 Å². The van der Waals surface area contributed by atoms with Gasteiger partial charge in [0.25, 0.3) is 0 Å². The van der Waals surface area contributed by atoms with Crippen molar-refractivity contribution in [1.29, 1.82) is 0 Å². The minimum absolute atomic E-state index is 0.0645. The molecule has 1 atom stereocenters. The molecule has 0 aliphatic heterocycles. The summed E-state index contributed by atoms with van der Waals surface area (Å²) in [6.45, 7) is 9.36. The van der Waals surface area contributed by atoms with Crippen LogP contribution in [0, 0.1) is 17.3 Å². The second kappa shape index (κ2) is 6.65. The molecule has 0 radical (unpaired) electrons. The molecule has 2 nitrogen and oxygen atoms in total. The summed E-state index contributed by atoms with van der Waals surface area (Å²) in [5.41, 5.74) is 2.57. The number of hydrogen-bond donors (Lipinski definition) is 2. The first-order chi connectivity index (χ1) is 9.97. The molecule has 0 amide bonds. The van der Waals surface area contributed by atoms with Crippen molar-refractivity contribution in [2.75, 3.05) is 6.54 Å². The zero-order valence-corrected chi connectivity index (χ0v) is 13.3. The lowest BCUT2D eigenvalue weighted by Gasteiger charge is -2.14. The van der Waals surface area contributed by atoms with E-state index in [-0.39, 0.29) is 5.41 Å². The molecule has 0 spiro atoms. The van der Waals surface area contributed by atoms with E-state index in [0.29, 0.717) is 6.04 Å². The first-order valence-corrected chi connectivity index (χ1v) is 7.44. The van der Waals surface area contributed by atoms with Crippen LogP contribution in [-0.4, -0.2) is 11.5 Å². The zero-order chi connectivity index (χ0) is 15.3. The minimum atomic E-state index is 0.0645. The Bertz CT molecular complexity index is 675. The molecule has 1 aromatic heterocycles. The van der Waals surface area contributed by atoms with E-state index in [9.17, 15) is 0 Å². The van der Waals surface area contributed by atoms with Crippen molar-refractivity contribution in [1.82, 2.24) is 10.3 Å². The number of benzene rings is 1. The monoisotopic (exact) mass is 280 g/mol. The van der Waals surface area contributed by atoms with Crippen LogP contribution >= 0.6 is 0 Å². The van der Waals surface area contributed by atoms with Crippen LogP contribution in [0.25, 0.3) is 10.9 Å².